The topological polar surface area (TPSA) is 102 Å². The number of hydrogen-bond acceptors (Lipinski definition) is 7. The van der Waals surface area contributed by atoms with Crippen LogP contribution in [-0.2, 0) is 6.54 Å². The first kappa shape index (κ1) is 10.3. The zero-order chi connectivity index (χ0) is 11.4. The van der Waals surface area contributed by atoms with E-state index >= 15 is 0 Å². The van der Waals surface area contributed by atoms with Crippen molar-refractivity contribution in [3.8, 4) is 5.88 Å². The monoisotopic (exact) mass is 221 g/mol. The molecule has 2 N–H and O–H groups in total. The molecule has 16 heavy (non-hydrogen) atoms. The number of nitrogens with one attached hydrogen (secondary N) is 2. The molecule has 84 valence electrons. The maximum atomic E-state index is 5.03. The van der Waals surface area contributed by atoms with Crippen molar-refractivity contribution in [1.82, 2.24) is 30.6 Å². The van der Waals surface area contributed by atoms with Crippen LogP contribution < -0.4 is 10.1 Å². The van der Waals surface area contributed by atoms with E-state index in [0.29, 0.717) is 29.9 Å². The van der Waals surface area contributed by atoms with Crippen LogP contribution >= 0.6 is 0 Å². The number of aryl methyl sites for hydroxylation is 1. The van der Waals surface area contributed by atoms with E-state index in [1.54, 1.807) is 20.1 Å². The van der Waals surface area contributed by atoms with E-state index in [1.807, 2.05) is 0 Å². The summed E-state index contributed by atoms with van der Waals surface area (Å²) in [6.07, 6.45) is 0. The highest BCUT2D eigenvalue weighted by molar-refractivity contribution is 5.38. The summed E-state index contributed by atoms with van der Waals surface area (Å²) >= 11 is 0. The van der Waals surface area contributed by atoms with E-state index in [-0.39, 0.29) is 0 Å². The summed E-state index contributed by atoms with van der Waals surface area (Å²) in [6, 6.07) is 1.70. The largest absolute Gasteiger partial charge is 0.481 e. The lowest BCUT2D eigenvalue weighted by Gasteiger charge is -2.05. The normalized spacial score (nSPS) is 10.1. The number of tetrazole rings is 1. The molecule has 0 aromatic carbocycles. The molecule has 0 spiro atoms. The van der Waals surface area contributed by atoms with Gasteiger partial charge in [0, 0.05) is 6.07 Å². The van der Waals surface area contributed by atoms with Gasteiger partial charge in [-0.05, 0) is 6.92 Å². The predicted molar refractivity (Wildman–Crippen MR) is 54.8 cm³/mol. The molecule has 0 radical (unpaired) electrons. The molecule has 2 rings (SSSR count). The highest BCUT2D eigenvalue weighted by atomic mass is 16.5. The quantitative estimate of drug-likeness (QED) is 0.744. The summed E-state index contributed by atoms with van der Waals surface area (Å²) in [5.74, 6) is 2.38. The van der Waals surface area contributed by atoms with Crippen LogP contribution in [0, 0.1) is 6.92 Å². The third-order valence-corrected chi connectivity index (χ3v) is 1.84. The lowest BCUT2D eigenvalue weighted by Crippen LogP contribution is -2.05. The van der Waals surface area contributed by atoms with Gasteiger partial charge in [0.1, 0.15) is 11.6 Å². The highest BCUT2D eigenvalue weighted by Crippen LogP contribution is 2.12. The van der Waals surface area contributed by atoms with Gasteiger partial charge in [0.15, 0.2) is 5.82 Å². The Morgan fingerprint density at radius 1 is 1.44 bits per heavy atom. The van der Waals surface area contributed by atoms with E-state index in [9.17, 15) is 0 Å². The van der Waals surface area contributed by atoms with Crippen LogP contribution in [0.5, 0.6) is 5.88 Å². The number of methoxy groups -OCH3 is 1. The Balaban J connectivity index is 2.06. The van der Waals surface area contributed by atoms with Crippen LogP contribution in [0.1, 0.15) is 11.6 Å². The third kappa shape index (κ3) is 2.41. The molecule has 0 saturated carbocycles. The SMILES string of the molecule is COc1cc(NCc2nn[nH]n2)nc(C)n1. The van der Waals surface area contributed by atoms with Gasteiger partial charge in [0.2, 0.25) is 5.88 Å². The maximum absolute atomic E-state index is 5.03. The van der Waals surface area contributed by atoms with Crippen molar-refractivity contribution in [3.63, 3.8) is 0 Å². The van der Waals surface area contributed by atoms with Gasteiger partial charge in [0.05, 0.1) is 13.7 Å². The smallest absolute Gasteiger partial charge is 0.218 e. The van der Waals surface area contributed by atoms with Crippen LogP contribution in [0.25, 0.3) is 0 Å². The molecular weight excluding hydrogens is 210 g/mol. The van der Waals surface area contributed by atoms with Crippen molar-refractivity contribution < 1.29 is 4.74 Å². The third-order valence-electron chi connectivity index (χ3n) is 1.84. The zero-order valence-corrected chi connectivity index (χ0v) is 8.93. The summed E-state index contributed by atoms with van der Waals surface area (Å²) in [6.45, 7) is 2.23. The summed E-state index contributed by atoms with van der Waals surface area (Å²) < 4.78 is 5.03. The fourth-order valence-electron chi connectivity index (χ4n) is 1.16. The molecule has 8 nitrogen and oxygen atoms in total. The molecule has 0 bridgehead atoms. The Bertz CT molecular complexity index is 455. The van der Waals surface area contributed by atoms with E-state index in [4.69, 9.17) is 4.74 Å². The van der Waals surface area contributed by atoms with Crippen LogP contribution in [0.2, 0.25) is 0 Å². The van der Waals surface area contributed by atoms with Gasteiger partial charge in [-0.15, -0.1) is 10.2 Å². The van der Waals surface area contributed by atoms with Crippen LogP contribution in [0.15, 0.2) is 6.07 Å². The molecule has 0 atom stereocenters. The molecule has 0 fully saturated rings. The molecule has 0 saturated heterocycles. The van der Waals surface area contributed by atoms with Gasteiger partial charge in [-0.25, -0.2) is 4.98 Å². The summed E-state index contributed by atoms with van der Waals surface area (Å²) in [7, 11) is 1.56. The van der Waals surface area contributed by atoms with Gasteiger partial charge in [0.25, 0.3) is 0 Å². The standard InChI is InChI=1S/C8H11N7O/c1-5-10-6(3-8(11-5)16-2)9-4-7-12-14-15-13-7/h3H,4H2,1-2H3,(H,9,10,11)(H,12,13,14,15). The number of nitrogens with zero attached hydrogens (tertiary/aromatic N) is 5. The van der Waals surface area contributed by atoms with Crippen molar-refractivity contribution in [1.29, 1.82) is 0 Å². The van der Waals surface area contributed by atoms with Gasteiger partial charge >= 0.3 is 0 Å². The van der Waals surface area contributed by atoms with Crippen molar-refractivity contribution >= 4 is 5.82 Å². The first-order valence-corrected chi connectivity index (χ1v) is 4.64. The molecule has 0 unspecified atom stereocenters. The number of aromatic nitrogens is 6. The molecule has 0 aliphatic carbocycles. The molecule has 0 amide bonds. The molecule has 2 heterocycles. The van der Waals surface area contributed by atoms with Gasteiger partial charge in [-0.3, -0.25) is 0 Å². The number of ether oxygens (including phenoxy) is 1. The highest BCUT2D eigenvalue weighted by Gasteiger charge is 2.03. The van der Waals surface area contributed by atoms with E-state index < -0.39 is 0 Å². The minimum absolute atomic E-state index is 0.441. The van der Waals surface area contributed by atoms with Gasteiger partial charge in [-0.2, -0.15) is 10.2 Å². The summed E-state index contributed by atoms with van der Waals surface area (Å²) in [5.41, 5.74) is 0. The Morgan fingerprint density at radius 3 is 3.00 bits per heavy atom. The van der Waals surface area contributed by atoms with Gasteiger partial charge < -0.3 is 10.1 Å². The molecule has 0 aliphatic heterocycles. The first-order valence-electron chi connectivity index (χ1n) is 4.64. The lowest BCUT2D eigenvalue weighted by molar-refractivity contribution is 0.396. The predicted octanol–water partition coefficient (Wildman–Crippen LogP) is -0.0812. The van der Waals surface area contributed by atoms with Crippen LogP contribution in [-0.4, -0.2) is 37.7 Å². The number of rotatable bonds is 4. The molecule has 2 aromatic rings. The van der Waals surface area contributed by atoms with E-state index in [2.05, 4.69) is 35.9 Å². The second-order valence-corrected chi connectivity index (χ2v) is 3.02. The van der Waals surface area contributed by atoms with Gasteiger partial charge in [-0.1, -0.05) is 5.21 Å². The zero-order valence-electron chi connectivity index (χ0n) is 8.93. The lowest BCUT2D eigenvalue weighted by atomic mass is 10.5. The number of H-pyrrole nitrogens is 1. The Morgan fingerprint density at radius 2 is 2.31 bits per heavy atom. The fraction of sp³-hybridized carbons (Fsp3) is 0.375. The number of anilines is 1. The minimum Gasteiger partial charge on any atom is -0.481 e. The van der Waals surface area contributed by atoms with Crippen molar-refractivity contribution in [2.45, 2.75) is 13.5 Å². The minimum atomic E-state index is 0.441. The summed E-state index contributed by atoms with van der Waals surface area (Å²) in [4.78, 5) is 8.27. The van der Waals surface area contributed by atoms with E-state index in [1.165, 1.54) is 0 Å². The summed E-state index contributed by atoms with van der Waals surface area (Å²) in [5, 5.41) is 16.5. The second-order valence-electron chi connectivity index (χ2n) is 3.02. The Hall–Kier alpha value is -2.25. The Kier molecular flexibility index (Phi) is 2.90. The first-order chi connectivity index (χ1) is 7.78. The molecule has 0 aliphatic rings. The number of hydrogen-bond donors (Lipinski definition) is 2. The van der Waals surface area contributed by atoms with Crippen molar-refractivity contribution in [2.24, 2.45) is 0 Å². The molecular formula is C8H11N7O. The fourth-order valence-corrected chi connectivity index (χ4v) is 1.16. The molecule has 2 aromatic heterocycles. The second kappa shape index (κ2) is 4.51. The average Bonchev–Trinajstić information content (AvgIpc) is 2.78. The van der Waals surface area contributed by atoms with E-state index in [0.717, 1.165) is 0 Å². The van der Waals surface area contributed by atoms with Crippen LogP contribution in [0.3, 0.4) is 0 Å². The number of aromatic amines is 1. The Labute approximate surface area is 91.5 Å². The molecule has 8 heteroatoms. The van der Waals surface area contributed by atoms with Crippen LogP contribution in [0.4, 0.5) is 5.82 Å². The average molecular weight is 221 g/mol. The van der Waals surface area contributed by atoms with Crippen molar-refractivity contribution in [2.75, 3.05) is 12.4 Å². The maximum Gasteiger partial charge on any atom is 0.218 e. The van der Waals surface area contributed by atoms with Crippen molar-refractivity contribution in [3.05, 3.63) is 17.7 Å².